The predicted molar refractivity (Wildman–Crippen MR) is 108 cm³/mol. The molecule has 1 aliphatic heterocycles. The number of rotatable bonds is 5. The zero-order chi connectivity index (χ0) is 18.5. The number of hydrogen-bond donors (Lipinski definition) is 2. The zero-order valence-corrected chi connectivity index (χ0v) is 16.3. The van der Waals surface area contributed by atoms with Crippen LogP contribution in [0.5, 0.6) is 5.75 Å². The van der Waals surface area contributed by atoms with Gasteiger partial charge in [0, 0.05) is 30.9 Å². The summed E-state index contributed by atoms with van der Waals surface area (Å²) in [4.78, 5) is 14.8. The molecule has 2 saturated carbocycles. The summed E-state index contributed by atoms with van der Waals surface area (Å²) < 4.78 is 6.16. The van der Waals surface area contributed by atoms with Gasteiger partial charge in [-0.15, -0.1) is 0 Å². The number of nitrogens with zero attached hydrogens (tertiary/aromatic N) is 1. The number of likely N-dealkylation sites (tertiary alicyclic amines) is 1. The number of piperidine rings is 1. The van der Waals surface area contributed by atoms with Crippen molar-refractivity contribution in [1.29, 1.82) is 0 Å². The number of benzene rings is 1. The molecule has 5 nitrogen and oxygen atoms in total. The molecule has 0 atom stereocenters. The summed E-state index contributed by atoms with van der Waals surface area (Å²) in [7, 11) is 0. The number of ether oxygens (including phenoxy) is 1. The molecular formula is C22H33N3O2. The van der Waals surface area contributed by atoms with Gasteiger partial charge >= 0.3 is 6.03 Å². The highest BCUT2D eigenvalue weighted by Crippen LogP contribution is 2.28. The average Bonchev–Trinajstić information content (AvgIpc) is 2.64. The van der Waals surface area contributed by atoms with Crippen LogP contribution in [0.4, 0.5) is 10.5 Å². The summed E-state index contributed by atoms with van der Waals surface area (Å²) in [5, 5.41) is 6.02. The topological polar surface area (TPSA) is 53.6 Å². The second-order valence-corrected chi connectivity index (χ2v) is 8.40. The fourth-order valence-corrected chi connectivity index (χ4v) is 4.52. The van der Waals surface area contributed by atoms with Gasteiger partial charge in [-0.2, -0.15) is 0 Å². The van der Waals surface area contributed by atoms with Crippen molar-refractivity contribution in [2.45, 2.75) is 82.4 Å². The minimum atomic E-state index is -0.0982. The Morgan fingerprint density at radius 2 is 1.59 bits per heavy atom. The van der Waals surface area contributed by atoms with E-state index in [0.717, 1.165) is 56.3 Å². The lowest BCUT2D eigenvalue weighted by Gasteiger charge is -2.41. The van der Waals surface area contributed by atoms with Gasteiger partial charge in [-0.25, -0.2) is 4.79 Å². The molecule has 0 bridgehead atoms. The maximum atomic E-state index is 12.1. The van der Waals surface area contributed by atoms with Gasteiger partial charge < -0.3 is 20.3 Å². The first-order valence-corrected chi connectivity index (χ1v) is 10.8. The molecule has 5 heteroatoms. The number of nitrogens with one attached hydrogen (secondary N) is 2. The van der Waals surface area contributed by atoms with Crippen LogP contribution >= 0.6 is 0 Å². The van der Waals surface area contributed by atoms with E-state index >= 15 is 0 Å². The van der Waals surface area contributed by atoms with Crippen LogP contribution in [0.3, 0.4) is 0 Å². The van der Waals surface area contributed by atoms with Gasteiger partial charge in [0.1, 0.15) is 11.9 Å². The lowest BCUT2D eigenvalue weighted by molar-refractivity contribution is 0.0493. The van der Waals surface area contributed by atoms with Gasteiger partial charge in [0.15, 0.2) is 0 Å². The lowest BCUT2D eigenvalue weighted by Crippen LogP contribution is -2.46. The smallest absolute Gasteiger partial charge is 0.319 e. The molecule has 148 valence electrons. The molecule has 3 fully saturated rings. The summed E-state index contributed by atoms with van der Waals surface area (Å²) >= 11 is 0. The van der Waals surface area contributed by atoms with Gasteiger partial charge in [-0.05, 0) is 62.8 Å². The Labute approximate surface area is 162 Å². The predicted octanol–water partition coefficient (Wildman–Crippen LogP) is 4.54. The Morgan fingerprint density at radius 3 is 2.22 bits per heavy atom. The minimum absolute atomic E-state index is 0.0982. The molecule has 1 aromatic rings. The van der Waals surface area contributed by atoms with Crippen LogP contribution < -0.4 is 15.4 Å². The molecule has 1 saturated heterocycles. The lowest BCUT2D eigenvalue weighted by atomic mass is 9.90. The maximum absolute atomic E-state index is 12.1. The van der Waals surface area contributed by atoms with E-state index in [1.807, 2.05) is 24.3 Å². The van der Waals surface area contributed by atoms with Gasteiger partial charge in [-0.3, -0.25) is 0 Å². The third kappa shape index (κ3) is 5.16. The highest BCUT2D eigenvalue weighted by atomic mass is 16.5. The summed E-state index contributed by atoms with van der Waals surface area (Å²) in [5.74, 6) is 0.898. The highest BCUT2D eigenvalue weighted by Gasteiger charge is 2.29. The summed E-state index contributed by atoms with van der Waals surface area (Å²) in [6.45, 7) is 2.33. The first kappa shape index (κ1) is 18.6. The first-order valence-electron chi connectivity index (χ1n) is 10.8. The minimum Gasteiger partial charge on any atom is -0.490 e. The molecule has 0 spiro atoms. The molecule has 27 heavy (non-hydrogen) atoms. The Hall–Kier alpha value is -1.75. The Kier molecular flexibility index (Phi) is 6.17. The monoisotopic (exact) mass is 371 g/mol. The number of anilines is 1. The fourth-order valence-electron chi connectivity index (χ4n) is 4.52. The largest absolute Gasteiger partial charge is 0.490 e. The molecule has 3 aliphatic rings. The van der Waals surface area contributed by atoms with E-state index < -0.39 is 0 Å². The molecule has 0 radical (unpaired) electrons. The van der Waals surface area contributed by atoms with Crippen molar-refractivity contribution in [2.75, 3.05) is 18.4 Å². The Morgan fingerprint density at radius 1 is 0.889 bits per heavy atom. The second-order valence-electron chi connectivity index (χ2n) is 8.40. The zero-order valence-electron chi connectivity index (χ0n) is 16.3. The molecule has 2 aliphatic carbocycles. The van der Waals surface area contributed by atoms with Crippen molar-refractivity contribution in [3.05, 3.63) is 24.3 Å². The van der Waals surface area contributed by atoms with E-state index in [0.29, 0.717) is 12.1 Å². The standard InChI is InChI=1S/C22H33N3O2/c26-22(23-17-5-2-1-3-6-17)24-18-9-11-20(12-10-18)27-21-13-15-25(16-14-21)19-7-4-8-19/h9-12,17,19,21H,1-8,13-16H2,(H2,23,24,26). The van der Waals surface area contributed by atoms with Crippen molar-refractivity contribution in [2.24, 2.45) is 0 Å². The third-order valence-electron chi connectivity index (χ3n) is 6.42. The van der Waals surface area contributed by atoms with E-state index in [2.05, 4.69) is 15.5 Å². The molecule has 1 aromatic carbocycles. The van der Waals surface area contributed by atoms with Crippen molar-refractivity contribution in [1.82, 2.24) is 10.2 Å². The van der Waals surface area contributed by atoms with Crippen LogP contribution in [0.15, 0.2) is 24.3 Å². The number of urea groups is 1. The van der Waals surface area contributed by atoms with Crippen LogP contribution in [0, 0.1) is 0 Å². The van der Waals surface area contributed by atoms with Crippen LogP contribution in [-0.2, 0) is 0 Å². The Bertz CT molecular complexity index is 600. The van der Waals surface area contributed by atoms with Crippen molar-refractivity contribution in [3.63, 3.8) is 0 Å². The van der Waals surface area contributed by atoms with E-state index in [9.17, 15) is 4.79 Å². The van der Waals surface area contributed by atoms with Crippen molar-refractivity contribution >= 4 is 11.7 Å². The van der Waals surface area contributed by atoms with E-state index in [1.54, 1.807) is 0 Å². The van der Waals surface area contributed by atoms with E-state index in [1.165, 1.54) is 38.5 Å². The molecule has 0 unspecified atom stereocenters. The molecule has 4 rings (SSSR count). The summed E-state index contributed by atoms with van der Waals surface area (Å²) in [6, 6.07) is 8.86. The Balaban J connectivity index is 1.20. The summed E-state index contributed by atoms with van der Waals surface area (Å²) in [5.41, 5.74) is 0.815. The maximum Gasteiger partial charge on any atom is 0.319 e. The normalized spacial score (nSPS) is 22.8. The molecule has 1 heterocycles. The number of amides is 2. The van der Waals surface area contributed by atoms with Crippen LogP contribution in [0.2, 0.25) is 0 Å². The van der Waals surface area contributed by atoms with Crippen molar-refractivity contribution < 1.29 is 9.53 Å². The average molecular weight is 372 g/mol. The SMILES string of the molecule is O=C(Nc1ccc(OC2CCN(C3CCC3)CC2)cc1)NC1CCCCC1. The third-order valence-corrected chi connectivity index (χ3v) is 6.42. The van der Waals surface area contributed by atoms with Gasteiger partial charge in [0.05, 0.1) is 0 Å². The summed E-state index contributed by atoms with van der Waals surface area (Å²) in [6.07, 6.45) is 12.6. The second kappa shape index (κ2) is 8.96. The number of hydrogen-bond acceptors (Lipinski definition) is 3. The van der Waals surface area contributed by atoms with E-state index in [-0.39, 0.29) is 6.03 Å². The molecular weight excluding hydrogens is 338 g/mol. The number of carbonyl (C=O) groups excluding carboxylic acids is 1. The van der Waals surface area contributed by atoms with Gasteiger partial charge in [0.2, 0.25) is 0 Å². The van der Waals surface area contributed by atoms with Crippen molar-refractivity contribution in [3.8, 4) is 5.75 Å². The quantitative estimate of drug-likeness (QED) is 0.799. The van der Waals surface area contributed by atoms with Crippen LogP contribution in [0.1, 0.15) is 64.2 Å². The molecule has 0 aromatic heterocycles. The van der Waals surface area contributed by atoms with Gasteiger partial charge in [0.25, 0.3) is 0 Å². The van der Waals surface area contributed by atoms with Crippen LogP contribution in [-0.4, -0.2) is 42.2 Å². The van der Waals surface area contributed by atoms with Gasteiger partial charge in [-0.1, -0.05) is 25.7 Å². The highest BCUT2D eigenvalue weighted by molar-refractivity contribution is 5.89. The molecule has 2 N–H and O–H groups in total. The first-order chi connectivity index (χ1) is 13.3. The van der Waals surface area contributed by atoms with Crippen LogP contribution in [0.25, 0.3) is 0 Å². The fraction of sp³-hybridized carbons (Fsp3) is 0.682. The van der Waals surface area contributed by atoms with E-state index in [4.69, 9.17) is 4.74 Å². The number of carbonyl (C=O) groups is 1. The molecule has 2 amide bonds.